The number of hydrogen-bond donors (Lipinski definition) is 3. The third-order valence-electron chi connectivity index (χ3n) is 3.80. The van der Waals surface area contributed by atoms with Gasteiger partial charge in [-0.1, -0.05) is 12.1 Å². The number of guanidine groups is 1. The molecule has 2 rings (SSSR count). The average molecular weight is 429 g/mol. The lowest BCUT2D eigenvalue weighted by Gasteiger charge is -2.14. The second-order valence-electron chi connectivity index (χ2n) is 6.03. The maximum atomic E-state index is 13.5. The summed E-state index contributed by atoms with van der Waals surface area (Å²) in [5, 5.41) is 16.2. The maximum absolute atomic E-state index is 13.5. The van der Waals surface area contributed by atoms with Gasteiger partial charge >= 0.3 is 6.61 Å². The number of aliphatic hydroxyl groups excluding tert-OH is 1. The van der Waals surface area contributed by atoms with Gasteiger partial charge in [0.15, 0.2) is 17.5 Å². The van der Waals surface area contributed by atoms with E-state index in [0.29, 0.717) is 18.1 Å². The standard InChI is InChI=1S/C20H23F4N3O3/c1-2-25-20(26-9-10-29-18-8-5-14(21)11-16(18)22)27-12-17(28)13-3-6-15(7-4-13)30-19(23)24/h3-8,11,17,19,28H,2,9-10,12H2,1H3,(H2,25,26,27). The van der Waals surface area contributed by atoms with Crippen molar-refractivity contribution in [2.24, 2.45) is 4.99 Å². The summed E-state index contributed by atoms with van der Waals surface area (Å²) in [5.74, 6) is -1.14. The Morgan fingerprint density at radius 1 is 1.10 bits per heavy atom. The van der Waals surface area contributed by atoms with Gasteiger partial charge in [-0.25, -0.2) is 8.78 Å². The minimum atomic E-state index is -2.91. The van der Waals surface area contributed by atoms with Crippen LogP contribution in [0.15, 0.2) is 47.5 Å². The van der Waals surface area contributed by atoms with E-state index in [4.69, 9.17) is 4.74 Å². The van der Waals surface area contributed by atoms with E-state index in [1.54, 1.807) is 0 Å². The quantitative estimate of drug-likeness (QED) is 0.234. The first-order valence-electron chi connectivity index (χ1n) is 9.22. The summed E-state index contributed by atoms with van der Waals surface area (Å²) in [5.41, 5.74) is 0.492. The van der Waals surface area contributed by atoms with Gasteiger partial charge in [-0.2, -0.15) is 8.78 Å². The highest BCUT2D eigenvalue weighted by Crippen LogP contribution is 2.20. The van der Waals surface area contributed by atoms with Crippen LogP contribution in [0.3, 0.4) is 0 Å². The molecule has 30 heavy (non-hydrogen) atoms. The van der Waals surface area contributed by atoms with E-state index in [1.165, 1.54) is 30.3 Å². The summed E-state index contributed by atoms with van der Waals surface area (Å²) in [6.07, 6.45) is -0.953. The molecule has 10 heteroatoms. The largest absolute Gasteiger partial charge is 0.489 e. The molecule has 0 aliphatic rings. The van der Waals surface area contributed by atoms with Crippen LogP contribution < -0.4 is 20.1 Å². The summed E-state index contributed by atoms with van der Waals surface area (Å²) in [7, 11) is 0. The van der Waals surface area contributed by atoms with E-state index in [0.717, 1.165) is 12.1 Å². The van der Waals surface area contributed by atoms with Crippen molar-refractivity contribution in [3.05, 3.63) is 59.7 Å². The topological polar surface area (TPSA) is 75.1 Å². The minimum Gasteiger partial charge on any atom is -0.489 e. The molecule has 0 amide bonds. The summed E-state index contributed by atoms with van der Waals surface area (Å²) in [6, 6.07) is 8.67. The van der Waals surface area contributed by atoms with Crippen molar-refractivity contribution in [2.45, 2.75) is 19.6 Å². The van der Waals surface area contributed by atoms with E-state index in [9.17, 15) is 22.7 Å². The number of alkyl halides is 2. The van der Waals surface area contributed by atoms with Crippen LogP contribution >= 0.6 is 0 Å². The molecule has 0 saturated heterocycles. The number of nitrogens with one attached hydrogen (secondary N) is 2. The Bertz CT molecular complexity index is 819. The van der Waals surface area contributed by atoms with E-state index in [2.05, 4.69) is 20.4 Å². The lowest BCUT2D eigenvalue weighted by molar-refractivity contribution is -0.0498. The molecule has 3 N–H and O–H groups in total. The molecule has 6 nitrogen and oxygen atoms in total. The third-order valence-corrected chi connectivity index (χ3v) is 3.80. The lowest BCUT2D eigenvalue weighted by Crippen LogP contribution is -2.39. The Balaban J connectivity index is 1.84. The van der Waals surface area contributed by atoms with E-state index in [1.807, 2.05) is 6.92 Å². The number of ether oxygens (including phenoxy) is 2. The molecule has 0 fully saturated rings. The molecule has 1 atom stereocenters. The Hall–Kier alpha value is -3.01. The number of rotatable bonds is 10. The molecule has 1 unspecified atom stereocenters. The smallest absolute Gasteiger partial charge is 0.387 e. The second-order valence-corrected chi connectivity index (χ2v) is 6.03. The third kappa shape index (κ3) is 7.78. The van der Waals surface area contributed by atoms with Gasteiger partial charge in [-0.05, 0) is 36.8 Å². The fraction of sp³-hybridized carbons (Fsp3) is 0.350. The molecule has 0 aromatic heterocycles. The Morgan fingerprint density at radius 3 is 2.47 bits per heavy atom. The monoisotopic (exact) mass is 429 g/mol. The summed E-state index contributed by atoms with van der Waals surface area (Å²) >= 11 is 0. The van der Waals surface area contributed by atoms with Crippen LogP contribution in [-0.2, 0) is 0 Å². The van der Waals surface area contributed by atoms with Crippen molar-refractivity contribution in [3.63, 3.8) is 0 Å². The molecule has 164 valence electrons. The normalized spacial score (nSPS) is 12.6. The van der Waals surface area contributed by atoms with Crippen LogP contribution in [-0.4, -0.2) is 43.9 Å². The number of nitrogens with zero attached hydrogens (tertiary/aromatic N) is 1. The molecular formula is C20H23F4N3O3. The molecule has 0 bridgehead atoms. The zero-order valence-electron chi connectivity index (χ0n) is 16.2. The average Bonchev–Trinajstić information content (AvgIpc) is 2.70. The fourth-order valence-corrected chi connectivity index (χ4v) is 2.42. The van der Waals surface area contributed by atoms with Gasteiger partial charge in [0, 0.05) is 12.6 Å². The van der Waals surface area contributed by atoms with Crippen LogP contribution in [0.4, 0.5) is 17.6 Å². The predicted octanol–water partition coefficient (Wildman–Crippen LogP) is 3.23. The molecular weight excluding hydrogens is 406 g/mol. The Morgan fingerprint density at radius 2 is 1.83 bits per heavy atom. The zero-order valence-corrected chi connectivity index (χ0v) is 16.2. The van der Waals surface area contributed by atoms with Gasteiger partial charge in [-0.3, -0.25) is 4.99 Å². The Labute approximate surface area is 171 Å². The number of hydrogen-bond acceptors (Lipinski definition) is 4. The van der Waals surface area contributed by atoms with Crippen molar-refractivity contribution in [1.82, 2.24) is 10.6 Å². The van der Waals surface area contributed by atoms with Gasteiger partial charge in [0.1, 0.15) is 18.2 Å². The predicted molar refractivity (Wildman–Crippen MR) is 104 cm³/mol. The Kier molecular flexibility index (Phi) is 9.20. The number of halogens is 4. The fourth-order valence-electron chi connectivity index (χ4n) is 2.42. The number of benzene rings is 2. The first-order chi connectivity index (χ1) is 14.4. The summed E-state index contributed by atoms with van der Waals surface area (Å²) in [4.78, 5) is 4.25. The van der Waals surface area contributed by atoms with Crippen molar-refractivity contribution >= 4 is 5.96 Å². The molecule has 0 heterocycles. The first-order valence-corrected chi connectivity index (χ1v) is 9.22. The van der Waals surface area contributed by atoms with Gasteiger partial charge < -0.3 is 25.2 Å². The van der Waals surface area contributed by atoms with Crippen LogP contribution in [0, 0.1) is 11.6 Å². The SMILES string of the molecule is CCNC(=NCC(O)c1ccc(OC(F)F)cc1)NCCOc1ccc(F)cc1F. The van der Waals surface area contributed by atoms with Crippen LogP contribution in [0.5, 0.6) is 11.5 Å². The van der Waals surface area contributed by atoms with Gasteiger partial charge in [0.05, 0.1) is 19.2 Å². The van der Waals surface area contributed by atoms with E-state index in [-0.39, 0.29) is 31.2 Å². The maximum Gasteiger partial charge on any atom is 0.387 e. The molecule has 0 radical (unpaired) electrons. The molecule has 2 aromatic rings. The van der Waals surface area contributed by atoms with Gasteiger partial charge in [-0.15, -0.1) is 0 Å². The van der Waals surface area contributed by atoms with Crippen molar-refractivity contribution < 1.29 is 32.1 Å². The molecule has 0 saturated carbocycles. The first kappa shape index (κ1) is 23.3. The number of aliphatic hydroxyl groups is 1. The molecule has 2 aromatic carbocycles. The van der Waals surface area contributed by atoms with Crippen LogP contribution in [0.2, 0.25) is 0 Å². The summed E-state index contributed by atoms with van der Waals surface area (Å²) < 4.78 is 60.3. The molecule has 0 spiro atoms. The lowest BCUT2D eigenvalue weighted by atomic mass is 10.1. The molecule has 0 aliphatic heterocycles. The van der Waals surface area contributed by atoms with Crippen LogP contribution in [0.25, 0.3) is 0 Å². The second kappa shape index (κ2) is 11.9. The van der Waals surface area contributed by atoms with E-state index < -0.39 is 24.3 Å². The summed E-state index contributed by atoms with van der Waals surface area (Å²) in [6.45, 7) is -0.103. The van der Waals surface area contributed by atoms with Crippen LogP contribution in [0.1, 0.15) is 18.6 Å². The van der Waals surface area contributed by atoms with E-state index >= 15 is 0 Å². The minimum absolute atomic E-state index is 0.00273. The molecule has 0 aliphatic carbocycles. The van der Waals surface area contributed by atoms with Crippen molar-refractivity contribution in [1.29, 1.82) is 0 Å². The van der Waals surface area contributed by atoms with Crippen molar-refractivity contribution in [2.75, 3.05) is 26.2 Å². The highest BCUT2D eigenvalue weighted by atomic mass is 19.3. The highest BCUT2D eigenvalue weighted by Gasteiger charge is 2.10. The highest BCUT2D eigenvalue weighted by molar-refractivity contribution is 5.79. The zero-order chi connectivity index (χ0) is 21.9. The van der Waals surface area contributed by atoms with Gasteiger partial charge in [0.25, 0.3) is 0 Å². The number of aliphatic imine (C=N–C) groups is 1. The van der Waals surface area contributed by atoms with Gasteiger partial charge in [0.2, 0.25) is 0 Å². The van der Waals surface area contributed by atoms with Crippen molar-refractivity contribution in [3.8, 4) is 11.5 Å².